The van der Waals surface area contributed by atoms with Gasteiger partial charge in [-0.15, -0.1) is 0 Å². The average Bonchev–Trinajstić information content (AvgIpc) is 2.59. The number of methoxy groups -OCH3 is 3. The summed E-state index contributed by atoms with van der Waals surface area (Å²) in [7, 11) is 0.697. The van der Waals surface area contributed by atoms with Crippen molar-refractivity contribution in [2.24, 2.45) is 4.40 Å². The van der Waals surface area contributed by atoms with Gasteiger partial charge >= 0.3 is 0 Å². The van der Waals surface area contributed by atoms with Gasteiger partial charge < -0.3 is 14.2 Å². The van der Waals surface area contributed by atoms with Crippen LogP contribution in [0.4, 0.5) is 0 Å². The molecule has 7 heteroatoms. The molecular weight excluding hydrogens is 330 g/mol. The summed E-state index contributed by atoms with van der Waals surface area (Å²) in [6.07, 6.45) is 1.25. The first kappa shape index (κ1) is 17.8. The topological polar surface area (TPSA) is 74.2 Å². The van der Waals surface area contributed by atoms with Crippen LogP contribution in [-0.2, 0) is 10.0 Å². The van der Waals surface area contributed by atoms with Gasteiger partial charge in [0.1, 0.15) is 0 Å². The molecule has 0 saturated carbocycles. The zero-order valence-electron chi connectivity index (χ0n) is 13.9. The van der Waals surface area contributed by atoms with Gasteiger partial charge in [-0.25, -0.2) is 0 Å². The van der Waals surface area contributed by atoms with Crippen LogP contribution in [0.1, 0.15) is 11.1 Å². The van der Waals surface area contributed by atoms with Gasteiger partial charge in [-0.2, -0.15) is 12.8 Å². The van der Waals surface area contributed by atoms with E-state index in [-0.39, 0.29) is 4.90 Å². The number of sulfonamides is 1. The molecule has 0 spiro atoms. The summed E-state index contributed by atoms with van der Waals surface area (Å²) in [6.45, 7) is 1.88. The van der Waals surface area contributed by atoms with Crippen LogP contribution in [-0.4, -0.2) is 36.0 Å². The predicted octanol–water partition coefficient (Wildman–Crippen LogP) is 2.83. The lowest BCUT2D eigenvalue weighted by atomic mass is 10.2. The highest BCUT2D eigenvalue weighted by atomic mass is 32.2. The highest BCUT2D eigenvalue weighted by molar-refractivity contribution is 7.90. The molecule has 128 valence electrons. The van der Waals surface area contributed by atoms with Crippen molar-refractivity contribution in [2.45, 2.75) is 11.8 Å². The van der Waals surface area contributed by atoms with E-state index in [0.29, 0.717) is 22.8 Å². The SMILES string of the molecule is COc1cc(C=NS(=O)(=O)c2ccc(C)cc2)cc(OC)c1OC. The number of rotatable bonds is 6. The van der Waals surface area contributed by atoms with Gasteiger partial charge in [-0.3, -0.25) is 0 Å². The summed E-state index contributed by atoms with van der Waals surface area (Å²) >= 11 is 0. The average molecular weight is 349 g/mol. The first-order valence-corrected chi connectivity index (χ1v) is 8.52. The Balaban J connectivity index is 2.39. The summed E-state index contributed by atoms with van der Waals surface area (Å²) in [4.78, 5) is 0.136. The molecule has 0 N–H and O–H groups in total. The number of nitrogens with zero attached hydrogens (tertiary/aromatic N) is 1. The van der Waals surface area contributed by atoms with E-state index in [1.165, 1.54) is 39.7 Å². The van der Waals surface area contributed by atoms with Crippen molar-refractivity contribution in [2.75, 3.05) is 21.3 Å². The van der Waals surface area contributed by atoms with Crippen LogP contribution in [0.25, 0.3) is 0 Å². The second kappa shape index (κ2) is 7.35. The van der Waals surface area contributed by atoms with Crippen LogP contribution in [0, 0.1) is 6.92 Å². The Morgan fingerprint density at radius 3 is 1.92 bits per heavy atom. The maximum absolute atomic E-state index is 12.3. The number of aryl methyl sites for hydroxylation is 1. The van der Waals surface area contributed by atoms with E-state index >= 15 is 0 Å². The minimum atomic E-state index is -3.77. The third-order valence-electron chi connectivity index (χ3n) is 3.35. The fourth-order valence-electron chi connectivity index (χ4n) is 2.08. The lowest BCUT2D eigenvalue weighted by molar-refractivity contribution is 0.324. The Morgan fingerprint density at radius 2 is 1.46 bits per heavy atom. The molecule has 0 aliphatic heterocycles. The molecule has 0 amide bonds. The highest BCUT2D eigenvalue weighted by Crippen LogP contribution is 2.37. The predicted molar refractivity (Wildman–Crippen MR) is 92.1 cm³/mol. The molecule has 0 aliphatic carbocycles. The lowest BCUT2D eigenvalue weighted by Crippen LogP contribution is -1.99. The second-order valence-corrected chi connectivity index (χ2v) is 6.61. The van der Waals surface area contributed by atoms with Crippen molar-refractivity contribution in [3.8, 4) is 17.2 Å². The normalized spacial score (nSPS) is 11.5. The second-order valence-electron chi connectivity index (χ2n) is 4.98. The third kappa shape index (κ3) is 3.86. The Kier molecular flexibility index (Phi) is 5.46. The van der Waals surface area contributed by atoms with Gasteiger partial charge in [-0.1, -0.05) is 17.7 Å². The van der Waals surface area contributed by atoms with Gasteiger partial charge in [0.2, 0.25) is 5.75 Å². The zero-order chi connectivity index (χ0) is 17.7. The van der Waals surface area contributed by atoms with E-state index in [9.17, 15) is 8.42 Å². The van der Waals surface area contributed by atoms with Crippen LogP contribution >= 0.6 is 0 Å². The zero-order valence-corrected chi connectivity index (χ0v) is 14.8. The third-order valence-corrected chi connectivity index (χ3v) is 4.60. The van der Waals surface area contributed by atoms with Crippen LogP contribution in [0.5, 0.6) is 17.2 Å². The molecule has 24 heavy (non-hydrogen) atoms. The van der Waals surface area contributed by atoms with E-state index < -0.39 is 10.0 Å². The lowest BCUT2D eigenvalue weighted by Gasteiger charge is -2.12. The minimum Gasteiger partial charge on any atom is -0.493 e. The maximum Gasteiger partial charge on any atom is 0.282 e. The molecule has 0 aliphatic rings. The van der Waals surface area contributed by atoms with E-state index in [4.69, 9.17) is 14.2 Å². The monoisotopic (exact) mass is 349 g/mol. The number of benzene rings is 2. The molecule has 2 rings (SSSR count). The Hall–Kier alpha value is -2.54. The summed E-state index contributed by atoms with van der Waals surface area (Å²) in [6, 6.07) is 9.74. The summed E-state index contributed by atoms with van der Waals surface area (Å²) < 4.78 is 43.9. The van der Waals surface area contributed by atoms with Crippen LogP contribution in [0.15, 0.2) is 45.7 Å². The molecule has 2 aromatic carbocycles. The molecular formula is C17H19NO5S. The molecule has 0 atom stereocenters. The van der Waals surface area contributed by atoms with Gasteiger partial charge in [0, 0.05) is 11.8 Å². The van der Waals surface area contributed by atoms with Crippen LogP contribution in [0.3, 0.4) is 0 Å². The van der Waals surface area contributed by atoms with Gasteiger partial charge in [-0.05, 0) is 31.2 Å². The first-order chi connectivity index (χ1) is 11.4. The standard InChI is InChI=1S/C17H19NO5S/c1-12-5-7-14(8-6-12)24(19,20)18-11-13-9-15(21-2)17(23-4)16(10-13)22-3/h5-11H,1-4H3. The van der Waals surface area contributed by atoms with Crippen LogP contribution < -0.4 is 14.2 Å². The molecule has 0 fully saturated rings. The Labute approximate surface area is 141 Å². The molecule has 0 aromatic heterocycles. The van der Waals surface area contributed by atoms with Gasteiger partial charge in [0.05, 0.1) is 26.2 Å². The fraction of sp³-hybridized carbons (Fsp3) is 0.235. The molecule has 0 bridgehead atoms. The molecule has 6 nitrogen and oxygen atoms in total. The van der Waals surface area contributed by atoms with Crippen molar-refractivity contribution in [3.05, 3.63) is 47.5 Å². The van der Waals surface area contributed by atoms with Crippen LogP contribution in [0.2, 0.25) is 0 Å². The molecule has 0 saturated heterocycles. The number of ether oxygens (including phenoxy) is 3. The highest BCUT2D eigenvalue weighted by Gasteiger charge is 2.14. The van der Waals surface area contributed by atoms with Gasteiger partial charge in [0.15, 0.2) is 11.5 Å². The van der Waals surface area contributed by atoms with Gasteiger partial charge in [0.25, 0.3) is 10.0 Å². The number of hydrogen-bond acceptors (Lipinski definition) is 5. The van der Waals surface area contributed by atoms with Crippen molar-refractivity contribution >= 4 is 16.2 Å². The molecule has 0 radical (unpaired) electrons. The van der Waals surface area contributed by atoms with Crippen molar-refractivity contribution < 1.29 is 22.6 Å². The number of hydrogen-bond donors (Lipinski definition) is 0. The maximum atomic E-state index is 12.3. The van der Waals surface area contributed by atoms with E-state index in [1.807, 2.05) is 6.92 Å². The fourth-order valence-corrected chi connectivity index (χ4v) is 2.94. The quantitative estimate of drug-likeness (QED) is 0.750. The summed E-state index contributed by atoms with van der Waals surface area (Å²) in [5.74, 6) is 1.27. The smallest absolute Gasteiger partial charge is 0.282 e. The van der Waals surface area contributed by atoms with E-state index in [0.717, 1.165) is 5.56 Å². The van der Waals surface area contributed by atoms with E-state index in [2.05, 4.69) is 4.40 Å². The first-order valence-electron chi connectivity index (χ1n) is 7.08. The van der Waals surface area contributed by atoms with Crippen molar-refractivity contribution in [1.29, 1.82) is 0 Å². The van der Waals surface area contributed by atoms with Crippen molar-refractivity contribution in [1.82, 2.24) is 0 Å². The van der Waals surface area contributed by atoms with Crippen molar-refractivity contribution in [3.63, 3.8) is 0 Å². The largest absolute Gasteiger partial charge is 0.493 e. The Morgan fingerprint density at radius 1 is 0.917 bits per heavy atom. The molecule has 0 unspecified atom stereocenters. The minimum absolute atomic E-state index is 0.136. The van der Waals surface area contributed by atoms with E-state index in [1.54, 1.807) is 24.3 Å². The Bertz CT molecular complexity index is 817. The molecule has 2 aromatic rings. The summed E-state index contributed by atoms with van der Waals surface area (Å²) in [5, 5.41) is 0. The summed E-state index contributed by atoms with van der Waals surface area (Å²) in [5.41, 5.74) is 1.49. The molecule has 0 heterocycles.